The van der Waals surface area contributed by atoms with E-state index in [4.69, 9.17) is 39.5 Å². The van der Waals surface area contributed by atoms with Crippen molar-refractivity contribution in [1.29, 1.82) is 0 Å². The first-order chi connectivity index (χ1) is 15.4. The van der Waals surface area contributed by atoms with E-state index in [0.717, 1.165) is 11.3 Å². The van der Waals surface area contributed by atoms with Crippen LogP contribution in [0.3, 0.4) is 0 Å². The van der Waals surface area contributed by atoms with Gasteiger partial charge < -0.3 is 10.1 Å². The molecule has 0 bridgehead atoms. The molecule has 1 amide bonds. The van der Waals surface area contributed by atoms with Crippen LogP contribution in [0.5, 0.6) is 5.75 Å². The number of hydrogen-bond donors (Lipinski definition) is 1. The van der Waals surface area contributed by atoms with Crippen LogP contribution in [0.15, 0.2) is 60.8 Å². The van der Waals surface area contributed by atoms with Gasteiger partial charge in [0.25, 0.3) is 5.91 Å². The zero-order chi connectivity index (χ0) is 22.7. The molecular weight excluding hydrogens is 473 g/mol. The van der Waals surface area contributed by atoms with E-state index in [1.54, 1.807) is 53.2 Å². The van der Waals surface area contributed by atoms with Gasteiger partial charge >= 0.3 is 0 Å². The molecule has 4 rings (SSSR count). The highest BCUT2D eigenvalue weighted by Crippen LogP contribution is 2.23. The average Bonchev–Trinajstić information content (AvgIpc) is 3.37. The Kier molecular flexibility index (Phi) is 6.69. The number of benzene rings is 2. The van der Waals surface area contributed by atoms with Crippen molar-refractivity contribution >= 4 is 46.5 Å². The molecule has 0 spiro atoms. The lowest BCUT2D eigenvalue weighted by atomic mass is 10.2. The number of carbonyl (C=O) groups is 1. The van der Waals surface area contributed by atoms with Crippen molar-refractivity contribution in [3.63, 3.8) is 0 Å². The van der Waals surface area contributed by atoms with Gasteiger partial charge in [0.2, 0.25) is 0 Å². The maximum absolute atomic E-state index is 12.8. The molecule has 0 radical (unpaired) electrons. The molecule has 1 N–H and O–H groups in total. The van der Waals surface area contributed by atoms with Gasteiger partial charge in [0.05, 0.1) is 16.6 Å². The highest BCUT2D eigenvalue weighted by atomic mass is 35.5. The summed E-state index contributed by atoms with van der Waals surface area (Å²) in [6.07, 6.45) is 1.54. The van der Waals surface area contributed by atoms with E-state index in [1.165, 1.54) is 10.9 Å². The second-order valence-corrected chi connectivity index (χ2v) is 8.23. The summed E-state index contributed by atoms with van der Waals surface area (Å²) in [4.78, 5) is 12.8. The molecule has 0 fully saturated rings. The molecule has 10 heteroatoms. The van der Waals surface area contributed by atoms with Gasteiger partial charge in [-0.1, -0.05) is 40.9 Å². The Morgan fingerprint density at radius 3 is 2.53 bits per heavy atom. The SMILES string of the molecule is Cc1cc(NC(=O)c2ccnn2COc2ccc(Cl)cc2)nn1Cc1ccc(Cl)c(Cl)c1. The molecule has 0 atom stereocenters. The Bertz CT molecular complexity index is 1250. The number of aromatic nitrogens is 4. The molecule has 2 heterocycles. The van der Waals surface area contributed by atoms with E-state index in [1.807, 2.05) is 13.0 Å². The fourth-order valence-corrected chi connectivity index (χ4v) is 3.46. The van der Waals surface area contributed by atoms with E-state index in [0.29, 0.717) is 38.9 Å². The van der Waals surface area contributed by atoms with Crippen molar-refractivity contribution in [2.45, 2.75) is 20.2 Å². The molecule has 0 aliphatic heterocycles. The summed E-state index contributed by atoms with van der Waals surface area (Å²) >= 11 is 18.0. The highest BCUT2D eigenvalue weighted by Gasteiger charge is 2.15. The normalized spacial score (nSPS) is 10.9. The lowest BCUT2D eigenvalue weighted by Gasteiger charge is -2.09. The lowest BCUT2D eigenvalue weighted by molar-refractivity contribution is 0.100. The lowest BCUT2D eigenvalue weighted by Crippen LogP contribution is -2.20. The fourth-order valence-electron chi connectivity index (χ4n) is 3.02. The molecule has 0 aliphatic carbocycles. The van der Waals surface area contributed by atoms with Crippen LogP contribution in [0.1, 0.15) is 21.7 Å². The largest absolute Gasteiger partial charge is 0.471 e. The fraction of sp³-hybridized carbons (Fsp3) is 0.136. The molecule has 0 saturated heterocycles. The van der Waals surface area contributed by atoms with Crippen LogP contribution in [-0.2, 0) is 13.3 Å². The van der Waals surface area contributed by atoms with E-state index in [9.17, 15) is 4.79 Å². The number of ether oxygens (including phenoxy) is 1. The van der Waals surface area contributed by atoms with Gasteiger partial charge in [-0.25, -0.2) is 4.68 Å². The number of carbonyl (C=O) groups excluding carboxylic acids is 1. The Labute approximate surface area is 199 Å². The maximum Gasteiger partial charge on any atom is 0.275 e. The van der Waals surface area contributed by atoms with Crippen molar-refractivity contribution in [3.05, 3.63) is 92.8 Å². The summed E-state index contributed by atoms with van der Waals surface area (Å²) in [5.74, 6) is 0.702. The Morgan fingerprint density at radius 1 is 1.00 bits per heavy atom. The zero-order valence-corrected chi connectivity index (χ0v) is 19.2. The van der Waals surface area contributed by atoms with Crippen LogP contribution < -0.4 is 10.1 Å². The number of amides is 1. The number of nitrogens with zero attached hydrogens (tertiary/aromatic N) is 4. The van der Waals surface area contributed by atoms with Gasteiger partial charge in [-0.15, -0.1) is 0 Å². The molecule has 164 valence electrons. The van der Waals surface area contributed by atoms with Crippen molar-refractivity contribution in [3.8, 4) is 5.75 Å². The van der Waals surface area contributed by atoms with Gasteiger partial charge in [-0.3, -0.25) is 9.48 Å². The third-order valence-electron chi connectivity index (χ3n) is 4.66. The van der Waals surface area contributed by atoms with Gasteiger partial charge in [-0.2, -0.15) is 10.2 Å². The highest BCUT2D eigenvalue weighted by molar-refractivity contribution is 6.42. The van der Waals surface area contributed by atoms with Crippen molar-refractivity contribution < 1.29 is 9.53 Å². The molecule has 32 heavy (non-hydrogen) atoms. The van der Waals surface area contributed by atoms with Crippen LogP contribution in [0.25, 0.3) is 0 Å². The minimum Gasteiger partial charge on any atom is -0.471 e. The molecule has 0 unspecified atom stereocenters. The third-order valence-corrected chi connectivity index (χ3v) is 5.65. The minimum absolute atomic E-state index is 0.0716. The van der Waals surface area contributed by atoms with Crippen molar-refractivity contribution in [2.75, 3.05) is 5.32 Å². The van der Waals surface area contributed by atoms with Crippen molar-refractivity contribution in [1.82, 2.24) is 19.6 Å². The average molecular weight is 491 g/mol. The zero-order valence-electron chi connectivity index (χ0n) is 16.9. The summed E-state index contributed by atoms with van der Waals surface area (Å²) in [7, 11) is 0. The van der Waals surface area contributed by atoms with E-state index in [2.05, 4.69) is 15.5 Å². The molecule has 7 nitrogen and oxygen atoms in total. The first-order valence-electron chi connectivity index (χ1n) is 9.59. The molecular formula is C22H18Cl3N5O2. The number of anilines is 1. The predicted molar refractivity (Wildman–Crippen MR) is 125 cm³/mol. The van der Waals surface area contributed by atoms with Gasteiger partial charge in [0.15, 0.2) is 12.5 Å². The summed E-state index contributed by atoms with van der Waals surface area (Å²) in [6.45, 7) is 2.47. The van der Waals surface area contributed by atoms with Gasteiger partial charge in [0.1, 0.15) is 11.4 Å². The Morgan fingerprint density at radius 2 is 1.78 bits per heavy atom. The van der Waals surface area contributed by atoms with Gasteiger partial charge in [0, 0.05) is 23.0 Å². The molecule has 4 aromatic rings. The van der Waals surface area contributed by atoms with Crippen LogP contribution in [-0.4, -0.2) is 25.5 Å². The van der Waals surface area contributed by atoms with Crippen molar-refractivity contribution in [2.24, 2.45) is 0 Å². The van der Waals surface area contributed by atoms with Crippen LogP contribution in [0, 0.1) is 6.92 Å². The number of halogens is 3. The van der Waals surface area contributed by atoms with Crippen LogP contribution in [0.4, 0.5) is 5.82 Å². The molecule has 0 saturated carbocycles. The van der Waals surface area contributed by atoms with E-state index < -0.39 is 0 Å². The topological polar surface area (TPSA) is 74.0 Å². The number of hydrogen-bond acceptors (Lipinski definition) is 4. The standard InChI is InChI=1S/C22H18Cl3N5O2/c1-14-10-21(28-29(14)12-15-2-7-18(24)19(25)11-15)27-22(31)20-8-9-26-30(20)13-32-17-5-3-16(23)4-6-17/h2-11H,12-13H2,1H3,(H,27,28,31). The monoisotopic (exact) mass is 489 g/mol. The molecule has 2 aromatic carbocycles. The smallest absolute Gasteiger partial charge is 0.275 e. The Balaban J connectivity index is 1.42. The number of rotatable bonds is 7. The summed E-state index contributed by atoms with van der Waals surface area (Å²) in [6, 6.07) is 15.8. The maximum atomic E-state index is 12.8. The minimum atomic E-state index is -0.346. The van der Waals surface area contributed by atoms with E-state index in [-0.39, 0.29) is 12.6 Å². The summed E-state index contributed by atoms with van der Waals surface area (Å²) in [5.41, 5.74) is 2.17. The van der Waals surface area contributed by atoms with Crippen LogP contribution in [0.2, 0.25) is 15.1 Å². The second kappa shape index (κ2) is 9.65. The third kappa shape index (κ3) is 5.24. The quantitative estimate of drug-likeness (QED) is 0.361. The second-order valence-electron chi connectivity index (χ2n) is 6.97. The molecule has 2 aromatic heterocycles. The van der Waals surface area contributed by atoms with Crippen LogP contribution >= 0.6 is 34.8 Å². The van der Waals surface area contributed by atoms with E-state index >= 15 is 0 Å². The molecule has 0 aliphatic rings. The summed E-state index contributed by atoms with van der Waals surface area (Å²) in [5, 5.41) is 13.0. The first kappa shape index (κ1) is 22.2. The van der Waals surface area contributed by atoms with Gasteiger partial charge in [-0.05, 0) is 55.0 Å². The first-order valence-corrected chi connectivity index (χ1v) is 10.7. The Hall–Kier alpha value is -3.00. The summed E-state index contributed by atoms with van der Waals surface area (Å²) < 4.78 is 8.91. The number of aryl methyl sites for hydroxylation is 1. The predicted octanol–water partition coefficient (Wildman–Crippen LogP) is 5.69. The number of nitrogens with one attached hydrogen (secondary N) is 1.